The Morgan fingerprint density at radius 3 is 3.05 bits per heavy atom. The van der Waals surface area contributed by atoms with Gasteiger partial charge in [-0.2, -0.15) is 0 Å². The van der Waals surface area contributed by atoms with Gasteiger partial charge in [0.2, 0.25) is 11.0 Å². The van der Waals surface area contributed by atoms with Crippen LogP contribution in [0.4, 0.5) is 5.13 Å². The third-order valence-electron chi connectivity index (χ3n) is 3.32. The van der Waals surface area contributed by atoms with Crippen molar-refractivity contribution in [2.24, 2.45) is 11.8 Å². The van der Waals surface area contributed by atoms with Crippen molar-refractivity contribution in [2.75, 3.05) is 18.4 Å². The standard InChI is InChI=1S/C12H14N4O2S/c1-7(8-5-13-6-8)10(17)14-12-16-15-11(19-12)9-3-2-4-18-9/h2-4,7-8,13H,5-6H2,1H3,(H,14,16,17). The smallest absolute Gasteiger partial charge is 0.229 e. The number of rotatable bonds is 4. The number of furan rings is 1. The van der Waals surface area contributed by atoms with Crippen molar-refractivity contribution in [3.63, 3.8) is 0 Å². The van der Waals surface area contributed by atoms with Crippen LogP contribution in [0.25, 0.3) is 10.8 Å². The Labute approximate surface area is 114 Å². The molecule has 1 atom stereocenters. The fourth-order valence-electron chi connectivity index (χ4n) is 1.87. The minimum Gasteiger partial charge on any atom is -0.462 e. The summed E-state index contributed by atoms with van der Waals surface area (Å²) in [7, 11) is 0. The molecule has 7 heteroatoms. The maximum atomic E-state index is 12.0. The summed E-state index contributed by atoms with van der Waals surface area (Å²) in [6.45, 7) is 3.75. The Kier molecular flexibility index (Phi) is 3.31. The van der Waals surface area contributed by atoms with Crippen molar-refractivity contribution in [1.29, 1.82) is 0 Å². The third-order valence-corrected chi connectivity index (χ3v) is 4.17. The van der Waals surface area contributed by atoms with Crippen LogP contribution in [-0.4, -0.2) is 29.2 Å². The van der Waals surface area contributed by atoms with E-state index in [-0.39, 0.29) is 11.8 Å². The van der Waals surface area contributed by atoms with Crippen LogP contribution in [0, 0.1) is 11.8 Å². The van der Waals surface area contributed by atoms with Gasteiger partial charge < -0.3 is 15.1 Å². The van der Waals surface area contributed by atoms with Crippen molar-refractivity contribution in [1.82, 2.24) is 15.5 Å². The average Bonchev–Trinajstić information content (AvgIpc) is 2.95. The van der Waals surface area contributed by atoms with E-state index in [0.717, 1.165) is 13.1 Å². The van der Waals surface area contributed by atoms with E-state index in [2.05, 4.69) is 20.8 Å². The second-order valence-corrected chi connectivity index (χ2v) is 5.56. The molecule has 3 heterocycles. The summed E-state index contributed by atoms with van der Waals surface area (Å²) in [6, 6.07) is 3.61. The molecule has 2 aromatic heterocycles. The summed E-state index contributed by atoms with van der Waals surface area (Å²) in [5, 5.41) is 15.1. The fraction of sp³-hybridized carbons (Fsp3) is 0.417. The summed E-state index contributed by atoms with van der Waals surface area (Å²) in [4.78, 5) is 12.0. The van der Waals surface area contributed by atoms with Crippen LogP contribution in [-0.2, 0) is 4.79 Å². The van der Waals surface area contributed by atoms with E-state index in [1.54, 1.807) is 12.3 Å². The molecule has 3 rings (SSSR count). The summed E-state index contributed by atoms with van der Waals surface area (Å²) >= 11 is 1.31. The molecule has 0 aromatic carbocycles. The monoisotopic (exact) mass is 278 g/mol. The van der Waals surface area contributed by atoms with E-state index in [9.17, 15) is 4.79 Å². The third kappa shape index (κ3) is 2.52. The molecule has 0 spiro atoms. The highest BCUT2D eigenvalue weighted by Crippen LogP contribution is 2.27. The number of carbonyl (C=O) groups excluding carboxylic acids is 1. The molecule has 6 nitrogen and oxygen atoms in total. The van der Waals surface area contributed by atoms with Crippen LogP contribution in [0.3, 0.4) is 0 Å². The second-order valence-electron chi connectivity index (χ2n) is 4.59. The highest BCUT2D eigenvalue weighted by molar-refractivity contribution is 7.18. The molecule has 1 fully saturated rings. The normalized spacial score (nSPS) is 16.9. The molecule has 0 aliphatic carbocycles. The number of aromatic nitrogens is 2. The first-order valence-electron chi connectivity index (χ1n) is 6.13. The molecule has 1 amide bonds. The predicted octanol–water partition coefficient (Wildman–Crippen LogP) is 1.59. The number of anilines is 1. The van der Waals surface area contributed by atoms with E-state index in [0.29, 0.717) is 21.8 Å². The lowest BCUT2D eigenvalue weighted by atomic mass is 9.88. The summed E-state index contributed by atoms with van der Waals surface area (Å²) < 4.78 is 5.24. The molecule has 19 heavy (non-hydrogen) atoms. The number of nitrogens with one attached hydrogen (secondary N) is 2. The first-order valence-corrected chi connectivity index (χ1v) is 6.94. The van der Waals surface area contributed by atoms with Crippen LogP contribution >= 0.6 is 11.3 Å². The van der Waals surface area contributed by atoms with Gasteiger partial charge in [0.05, 0.1) is 6.26 Å². The quantitative estimate of drug-likeness (QED) is 0.887. The summed E-state index contributed by atoms with van der Waals surface area (Å²) in [5.41, 5.74) is 0. The lowest BCUT2D eigenvalue weighted by molar-refractivity contribution is -0.121. The predicted molar refractivity (Wildman–Crippen MR) is 71.8 cm³/mol. The highest BCUT2D eigenvalue weighted by Gasteiger charge is 2.29. The Bertz CT molecular complexity index is 562. The van der Waals surface area contributed by atoms with Gasteiger partial charge in [-0.15, -0.1) is 10.2 Å². The lowest BCUT2D eigenvalue weighted by Crippen LogP contribution is -2.48. The van der Waals surface area contributed by atoms with Gasteiger partial charge in [0.15, 0.2) is 10.8 Å². The number of hydrogen-bond acceptors (Lipinski definition) is 6. The molecule has 100 valence electrons. The van der Waals surface area contributed by atoms with Crippen LogP contribution < -0.4 is 10.6 Å². The zero-order valence-corrected chi connectivity index (χ0v) is 11.2. The Hall–Kier alpha value is -1.73. The molecule has 1 saturated heterocycles. The van der Waals surface area contributed by atoms with Crippen LogP contribution in [0.2, 0.25) is 0 Å². The lowest BCUT2D eigenvalue weighted by Gasteiger charge is -2.31. The molecule has 1 aliphatic rings. The SMILES string of the molecule is CC(C(=O)Nc1nnc(-c2ccco2)s1)C1CNC1. The summed E-state index contributed by atoms with van der Waals surface area (Å²) in [5.74, 6) is 1.05. The Morgan fingerprint density at radius 1 is 1.58 bits per heavy atom. The van der Waals surface area contributed by atoms with Crippen molar-refractivity contribution >= 4 is 22.4 Å². The first kappa shape index (κ1) is 12.3. The first-order chi connectivity index (χ1) is 9.24. The van der Waals surface area contributed by atoms with Crippen molar-refractivity contribution in [3.05, 3.63) is 18.4 Å². The molecule has 0 radical (unpaired) electrons. The Balaban J connectivity index is 1.65. The zero-order valence-electron chi connectivity index (χ0n) is 10.4. The van der Waals surface area contributed by atoms with Crippen LogP contribution in [0.1, 0.15) is 6.92 Å². The molecule has 2 aromatic rings. The number of hydrogen-bond donors (Lipinski definition) is 2. The van der Waals surface area contributed by atoms with E-state index in [1.807, 2.05) is 13.0 Å². The molecule has 0 saturated carbocycles. The number of carbonyl (C=O) groups is 1. The van der Waals surface area contributed by atoms with E-state index < -0.39 is 0 Å². The second kappa shape index (κ2) is 5.10. The molecular weight excluding hydrogens is 264 g/mol. The zero-order chi connectivity index (χ0) is 13.2. The molecular formula is C12H14N4O2S. The molecule has 1 aliphatic heterocycles. The summed E-state index contributed by atoms with van der Waals surface area (Å²) in [6.07, 6.45) is 1.58. The number of nitrogens with zero attached hydrogens (tertiary/aromatic N) is 2. The average molecular weight is 278 g/mol. The van der Waals surface area contributed by atoms with E-state index in [4.69, 9.17) is 4.42 Å². The maximum Gasteiger partial charge on any atom is 0.229 e. The van der Waals surface area contributed by atoms with Gasteiger partial charge in [0.1, 0.15) is 0 Å². The van der Waals surface area contributed by atoms with E-state index in [1.165, 1.54) is 11.3 Å². The molecule has 1 unspecified atom stereocenters. The largest absolute Gasteiger partial charge is 0.462 e. The molecule has 0 bridgehead atoms. The van der Waals surface area contributed by atoms with E-state index >= 15 is 0 Å². The van der Waals surface area contributed by atoms with Gasteiger partial charge in [0, 0.05) is 5.92 Å². The Morgan fingerprint density at radius 2 is 2.42 bits per heavy atom. The van der Waals surface area contributed by atoms with Gasteiger partial charge in [-0.3, -0.25) is 4.79 Å². The minimum atomic E-state index is -0.0165. The van der Waals surface area contributed by atoms with Gasteiger partial charge in [-0.1, -0.05) is 18.3 Å². The van der Waals surface area contributed by atoms with Crippen LogP contribution in [0.15, 0.2) is 22.8 Å². The van der Waals surface area contributed by atoms with Crippen molar-refractivity contribution in [2.45, 2.75) is 6.92 Å². The van der Waals surface area contributed by atoms with Crippen LogP contribution in [0.5, 0.6) is 0 Å². The topological polar surface area (TPSA) is 80.1 Å². The minimum absolute atomic E-state index is 0.00588. The van der Waals surface area contributed by atoms with Gasteiger partial charge in [-0.25, -0.2) is 0 Å². The van der Waals surface area contributed by atoms with Gasteiger partial charge in [-0.05, 0) is 31.1 Å². The molecule has 2 N–H and O–H groups in total. The van der Waals surface area contributed by atoms with Gasteiger partial charge in [0.25, 0.3) is 0 Å². The highest BCUT2D eigenvalue weighted by atomic mass is 32.1. The van der Waals surface area contributed by atoms with Crippen molar-refractivity contribution < 1.29 is 9.21 Å². The van der Waals surface area contributed by atoms with Crippen molar-refractivity contribution in [3.8, 4) is 10.8 Å². The van der Waals surface area contributed by atoms with Gasteiger partial charge >= 0.3 is 0 Å². The number of amides is 1. The maximum absolute atomic E-state index is 12.0. The fourth-order valence-corrected chi connectivity index (χ4v) is 2.59.